The van der Waals surface area contributed by atoms with Crippen LogP contribution in [0.3, 0.4) is 0 Å². The van der Waals surface area contributed by atoms with Gasteiger partial charge in [0, 0.05) is 42.2 Å². The molecule has 30 heavy (non-hydrogen) atoms. The Hall–Kier alpha value is -2.52. The van der Waals surface area contributed by atoms with Crippen LogP contribution >= 0.6 is 11.3 Å². The second kappa shape index (κ2) is 9.53. The Kier molecular flexibility index (Phi) is 7.04. The van der Waals surface area contributed by atoms with Crippen molar-refractivity contribution in [2.45, 2.75) is 51.6 Å². The normalized spacial score (nSPS) is 17.1. The van der Waals surface area contributed by atoms with Crippen LogP contribution < -0.4 is 5.69 Å². The monoisotopic (exact) mass is 433 g/mol. The van der Waals surface area contributed by atoms with Gasteiger partial charge in [0.2, 0.25) is 5.91 Å². The van der Waals surface area contributed by atoms with Gasteiger partial charge in [0.25, 0.3) is 6.47 Å². The third kappa shape index (κ3) is 4.62. The zero-order valence-corrected chi connectivity index (χ0v) is 18.1. The molecule has 0 bridgehead atoms. The number of hydrogen-bond acceptors (Lipinski definition) is 6. The third-order valence-corrected chi connectivity index (χ3v) is 6.89. The number of likely N-dealkylation sites (tertiary alicyclic amines) is 1. The summed E-state index contributed by atoms with van der Waals surface area (Å²) in [5.74, 6) is 0.163. The van der Waals surface area contributed by atoms with Crippen LogP contribution in [0.4, 0.5) is 0 Å². The lowest BCUT2D eigenvalue weighted by Crippen LogP contribution is -2.48. The van der Waals surface area contributed by atoms with Crippen LogP contribution in [0.1, 0.15) is 46.7 Å². The highest BCUT2D eigenvalue weighted by atomic mass is 32.1. The number of carboxylic acid groups (broad SMARTS) is 1. The van der Waals surface area contributed by atoms with Gasteiger partial charge in [-0.1, -0.05) is 0 Å². The first kappa shape index (κ1) is 22.2. The highest BCUT2D eigenvalue weighted by Gasteiger charge is 2.42. The molecule has 2 aromatic rings. The Morgan fingerprint density at radius 1 is 1.40 bits per heavy atom. The maximum absolute atomic E-state index is 12.7. The van der Waals surface area contributed by atoms with Crippen molar-refractivity contribution >= 4 is 23.7 Å². The first-order valence-electron chi connectivity index (χ1n) is 10.0. The molecule has 2 aliphatic heterocycles. The molecule has 2 aromatic heterocycles. The molecule has 0 unspecified atom stereocenters. The van der Waals surface area contributed by atoms with Gasteiger partial charge in [-0.2, -0.15) is 4.98 Å². The summed E-state index contributed by atoms with van der Waals surface area (Å²) < 4.78 is 6.22. The first-order chi connectivity index (χ1) is 14.4. The fourth-order valence-corrected chi connectivity index (χ4v) is 5.35. The molecule has 162 valence electrons. The summed E-state index contributed by atoms with van der Waals surface area (Å²) in [6.45, 7) is 5.68. The van der Waals surface area contributed by atoms with Crippen molar-refractivity contribution in [1.82, 2.24) is 14.9 Å². The Morgan fingerprint density at radius 3 is 2.77 bits per heavy atom. The number of nitrogens with zero attached hydrogens (tertiary/aromatic N) is 2. The Bertz CT molecular complexity index is 934. The lowest BCUT2D eigenvalue weighted by atomic mass is 9.82. The number of fused-ring (bicyclic) bond motifs is 2. The van der Waals surface area contributed by atoms with E-state index >= 15 is 0 Å². The van der Waals surface area contributed by atoms with Crippen LogP contribution in [-0.4, -0.2) is 52.1 Å². The van der Waals surface area contributed by atoms with E-state index in [9.17, 15) is 9.59 Å². The summed E-state index contributed by atoms with van der Waals surface area (Å²) in [6.07, 6.45) is 3.77. The number of carbonyl (C=O) groups is 2. The quantitative estimate of drug-likeness (QED) is 0.718. The largest absolute Gasteiger partial charge is 0.483 e. The van der Waals surface area contributed by atoms with E-state index in [0.717, 1.165) is 50.2 Å². The van der Waals surface area contributed by atoms with E-state index in [1.165, 1.54) is 10.4 Å². The molecule has 2 N–H and O–H groups in total. The van der Waals surface area contributed by atoms with Gasteiger partial charge < -0.3 is 19.7 Å². The average molecular weight is 434 g/mol. The van der Waals surface area contributed by atoms with Crippen LogP contribution in [0.25, 0.3) is 0 Å². The first-order valence-corrected chi connectivity index (χ1v) is 10.9. The van der Waals surface area contributed by atoms with Crippen molar-refractivity contribution in [2.24, 2.45) is 0 Å². The van der Waals surface area contributed by atoms with Gasteiger partial charge in [-0.3, -0.25) is 9.59 Å². The number of carbonyl (C=O) groups excluding carboxylic acids is 1. The van der Waals surface area contributed by atoms with E-state index < -0.39 is 0 Å². The molecule has 1 spiro atoms. The van der Waals surface area contributed by atoms with Crippen molar-refractivity contribution < 1.29 is 19.4 Å². The van der Waals surface area contributed by atoms with Crippen molar-refractivity contribution in [3.63, 3.8) is 0 Å². The van der Waals surface area contributed by atoms with Gasteiger partial charge in [-0.15, -0.1) is 11.3 Å². The predicted molar refractivity (Wildman–Crippen MR) is 113 cm³/mol. The van der Waals surface area contributed by atoms with Gasteiger partial charge in [-0.05, 0) is 55.7 Å². The number of thiophene rings is 1. The second-order valence-corrected chi connectivity index (χ2v) is 8.57. The summed E-state index contributed by atoms with van der Waals surface area (Å²) in [6, 6.07) is 2.20. The van der Waals surface area contributed by atoms with Crippen LogP contribution in [0.5, 0.6) is 0 Å². The molecule has 1 amide bonds. The van der Waals surface area contributed by atoms with E-state index in [0.29, 0.717) is 18.5 Å². The fraction of sp³-hybridized carbons (Fsp3) is 0.524. The Labute approximate surface area is 178 Å². The van der Waals surface area contributed by atoms with E-state index in [1.54, 1.807) is 0 Å². The molecule has 4 rings (SSSR count). The fourth-order valence-electron chi connectivity index (χ4n) is 4.40. The average Bonchev–Trinajstić information content (AvgIpc) is 3.19. The number of piperidine rings is 1. The second-order valence-electron chi connectivity index (χ2n) is 7.57. The number of rotatable bonds is 3. The maximum atomic E-state index is 12.7. The summed E-state index contributed by atoms with van der Waals surface area (Å²) in [5.41, 5.74) is 3.30. The zero-order chi connectivity index (χ0) is 21.7. The zero-order valence-electron chi connectivity index (χ0n) is 17.3. The van der Waals surface area contributed by atoms with Gasteiger partial charge in [0.1, 0.15) is 0 Å². The van der Waals surface area contributed by atoms with E-state index in [2.05, 4.69) is 21.4 Å². The molecule has 8 nitrogen and oxygen atoms in total. The summed E-state index contributed by atoms with van der Waals surface area (Å²) >= 11 is 1.82. The molecule has 0 atom stereocenters. The van der Waals surface area contributed by atoms with Crippen molar-refractivity contribution in [3.05, 3.63) is 49.3 Å². The van der Waals surface area contributed by atoms with Crippen LogP contribution in [-0.2, 0) is 32.8 Å². The van der Waals surface area contributed by atoms with Crippen LogP contribution in [0, 0.1) is 13.8 Å². The number of hydrogen-bond donors (Lipinski definition) is 2. The topological polar surface area (TPSA) is 113 Å². The standard InChI is InChI=1S/C20H25N3O3S.CH2O2/c1-13-15(14(2)22-19(25)21-13)3-4-18(24)23-9-7-20(8-10-23)16-6-12-27-17(16)5-11-26-20;2-1-3/h6,12H,3-5,7-11H2,1-2H3,(H,21,22,25);1H,(H,2,3). The highest BCUT2D eigenvalue weighted by Crippen LogP contribution is 2.43. The molecule has 4 heterocycles. The molecule has 0 saturated carbocycles. The molecule has 0 aliphatic carbocycles. The van der Waals surface area contributed by atoms with Gasteiger partial charge in [0.15, 0.2) is 0 Å². The molecule has 9 heteroatoms. The molecule has 1 saturated heterocycles. The van der Waals surface area contributed by atoms with Crippen molar-refractivity contribution in [3.8, 4) is 0 Å². The number of aryl methyl sites for hydroxylation is 2. The molecular weight excluding hydrogens is 406 g/mol. The molecule has 0 radical (unpaired) electrons. The Balaban J connectivity index is 0.000000806. The van der Waals surface area contributed by atoms with Crippen LogP contribution in [0.15, 0.2) is 16.2 Å². The lowest BCUT2D eigenvalue weighted by Gasteiger charge is -2.44. The number of aromatic nitrogens is 2. The van der Waals surface area contributed by atoms with Gasteiger partial charge in [0.05, 0.1) is 12.2 Å². The minimum absolute atomic E-state index is 0.163. The van der Waals surface area contributed by atoms with Crippen molar-refractivity contribution in [1.29, 1.82) is 0 Å². The molecule has 0 aromatic carbocycles. The number of H-pyrrole nitrogens is 1. The molecular formula is C21H27N3O5S. The van der Waals surface area contributed by atoms with Crippen molar-refractivity contribution in [2.75, 3.05) is 19.7 Å². The maximum Gasteiger partial charge on any atom is 0.345 e. The van der Waals surface area contributed by atoms with E-state index in [1.807, 2.05) is 30.1 Å². The number of amides is 1. The number of nitrogens with one attached hydrogen (secondary N) is 1. The highest BCUT2D eigenvalue weighted by molar-refractivity contribution is 7.10. The van der Waals surface area contributed by atoms with E-state index in [-0.39, 0.29) is 23.7 Å². The number of ether oxygens (including phenoxy) is 1. The van der Waals surface area contributed by atoms with Crippen LogP contribution in [0.2, 0.25) is 0 Å². The third-order valence-electron chi connectivity index (χ3n) is 5.91. The van der Waals surface area contributed by atoms with Gasteiger partial charge >= 0.3 is 5.69 Å². The smallest absolute Gasteiger partial charge is 0.345 e. The summed E-state index contributed by atoms with van der Waals surface area (Å²) in [7, 11) is 0. The summed E-state index contributed by atoms with van der Waals surface area (Å²) in [5, 5.41) is 9.04. The summed E-state index contributed by atoms with van der Waals surface area (Å²) in [4.78, 5) is 42.6. The SMILES string of the molecule is Cc1nc(=O)[nH]c(C)c1CCC(=O)N1CCC2(CC1)OCCc1sccc12.O=CO. The lowest BCUT2D eigenvalue weighted by molar-refractivity contribution is -0.140. The molecule has 2 aliphatic rings. The van der Waals surface area contributed by atoms with Gasteiger partial charge in [-0.25, -0.2) is 4.79 Å². The minimum Gasteiger partial charge on any atom is -0.483 e. The Morgan fingerprint density at radius 2 is 2.10 bits per heavy atom. The van der Waals surface area contributed by atoms with E-state index in [4.69, 9.17) is 14.6 Å². The minimum atomic E-state index is -0.332. The predicted octanol–water partition coefficient (Wildman–Crippen LogP) is 2.17. The molecule has 1 fully saturated rings. The number of aromatic amines is 1.